The number of hydrogen-bond acceptors (Lipinski definition) is 8. The molecule has 3 aliphatic rings. The summed E-state index contributed by atoms with van der Waals surface area (Å²) in [5.41, 5.74) is 1.67. The molecule has 34 heavy (non-hydrogen) atoms. The number of thiazole rings is 1. The van der Waals surface area contributed by atoms with Gasteiger partial charge in [-0.3, -0.25) is 14.6 Å². The topological polar surface area (TPSA) is 107 Å². The van der Waals surface area contributed by atoms with Crippen LogP contribution in [0.3, 0.4) is 0 Å². The van der Waals surface area contributed by atoms with Crippen LogP contribution >= 0.6 is 23.1 Å². The van der Waals surface area contributed by atoms with Gasteiger partial charge in [-0.25, -0.2) is 4.98 Å². The quantitative estimate of drug-likeness (QED) is 0.264. The van der Waals surface area contributed by atoms with Gasteiger partial charge in [0, 0.05) is 41.6 Å². The van der Waals surface area contributed by atoms with E-state index in [1.165, 1.54) is 23.1 Å². The van der Waals surface area contributed by atoms with Gasteiger partial charge in [-0.2, -0.15) is 13.2 Å². The van der Waals surface area contributed by atoms with Crippen LogP contribution in [0.2, 0.25) is 0 Å². The van der Waals surface area contributed by atoms with E-state index < -0.39 is 42.0 Å². The molecular formula is C20H14F3N4NaO4S2. The maximum Gasteiger partial charge on any atom is 1.00 e. The van der Waals surface area contributed by atoms with Crippen molar-refractivity contribution in [3.8, 4) is 11.3 Å². The number of thioether (sulfide) groups is 1. The average molecular weight is 518 g/mol. The molecule has 2 saturated heterocycles. The van der Waals surface area contributed by atoms with E-state index >= 15 is 0 Å². The minimum Gasteiger partial charge on any atom is -0.543 e. The summed E-state index contributed by atoms with van der Waals surface area (Å²) in [7, 11) is 0. The second-order valence-corrected chi connectivity index (χ2v) is 9.81. The van der Waals surface area contributed by atoms with Crippen LogP contribution in [0.15, 0.2) is 45.5 Å². The van der Waals surface area contributed by atoms with Gasteiger partial charge in [0.1, 0.15) is 6.04 Å². The molecule has 14 heteroatoms. The second kappa shape index (κ2) is 9.26. The first-order valence-corrected chi connectivity index (χ1v) is 11.7. The van der Waals surface area contributed by atoms with Gasteiger partial charge in [0.05, 0.1) is 23.4 Å². The number of piperidine rings is 1. The van der Waals surface area contributed by atoms with Crippen molar-refractivity contribution in [1.29, 1.82) is 0 Å². The molecule has 0 aromatic carbocycles. The van der Waals surface area contributed by atoms with E-state index in [4.69, 9.17) is 0 Å². The van der Waals surface area contributed by atoms with E-state index in [0.29, 0.717) is 20.5 Å². The molecule has 0 saturated carbocycles. The number of carboxylic acid groups (broad SMARTS) is 1. The number of halogens is 3. The summed E-state index contributed by atoms with van der Waals surface area (Å²) in [6, 6.07) is 1.51. The molecule has 8 nitrogen and oxygen atoms in total. The predicted molar refractivity (Wildman–Crippen MR) is 108 cm³/mol. The van der Waals surface area contributed by atoms with Crippen LogP contribution in [-0.2, 0) is 14.4 Å². The number of rotatable bonds is 5. The van der Waals surface area contributed by atoms with Gasteiger partial charge in [-0.1, -0.05) is 11.8 Å². The Kier molecular flexibility index (Phi) is 6.86. The van der Waals surface area contributed by atoms with Crippen molar-refractivity contribution >= 4 is 40.9 Å². The first-order valence-electron chi connectivity index (χ1n) is 9.82. The molecule has 0 spiro atoms. The first-order chi connectivity index (χ1) is 15.7. The van der Waals surface area contributed by atoms with Gasteiger partial charge in [-0.15, -0.1) is 11.3 Å². The fraction of sp³-hybridized carbons (Fsp3) is 0.350. The first kappa shape index (κ1) is 25.2. The minimum atomic E-state index is -5.10. The Morgan fingerprint density at radius 1 is 1.32 bits per heavy atom. The Balaban J connectivity index is 0.00000274. The number of aliphatic carboxylic acids is 1. The van der Waals surface area contributed by atoms with E-state index in [0.717, 1.165) is 10.5 Å². The van der Waals surface area contributed by atoms with E-state index in [-0.39, 0.29) is 54.0 Å². The fourth-order valence-corrected chi connectivity index (χ4v) is 6.61. The molecule has 0 bridgehead atoms. The molecule has 3 aliphatic heterocycles. The molecule has 172 valence electrons. The monoisotopic (exact) mass is 518 g/mol. The summed E-state index contributed by atoms with van der Waals surface area (Å²) in [5.74, 6) is -4.73. The van der Waals surface area contributed by atoms with Crippen molar-refractivity contribution in [1.82, 2.24) is 19.8 Å². The number of nitrogens with zero attached hydrogens (tertiary/aromatic N) is 4. The zero-order chi connectivity index (χ0) is 23.5. The molecule has 2 fully saturated rings. The van der Waals surface area contributed by atoms with E-state index in [2.05, 4.69) is 9.97 Å². The van der Waals surface area contributed by atoms with Crippen molar-refractivity contribution in [3.05, 3.63) is 41.2 Å². The Labute approximate surface area is 221 Å². The number of β-lactam (4-membered cyclic amide) rings is 1. The van der Waals surface area contributed by atoms with Gasteiger partial charge < -0.3 is 19.7 Å². The van der Waals surface area contributed by atoms with Crippen LogP contribution in [-0.4, -0.2) is 68.1 Å². The van der Waals surface area contributed by atoms with E-state index in [1.807, 2.05) is 11.4 Å². The van der Waals surface area contributed by atoms with Crippen LogP contribution in [0.1, 0.15) is 6.42 Å². The van der Waals surface area contributed by atoms with Gasteiger partial charge in [0.2, 0.25) is 0 Å². The van der Waals surface area contributed by atoms with Crippen molar-refractivity contribution < 1.29 is 62.2 Å². The third kappa shape index (κ3) is 4.06. The largest absolute Gasteiger partial charge is 1.00 e. The van der Waals surface area contributed by atoms with Gasteiger partial charge in [0.25, 0.3) is 5.91 Å². The molecular weight excluding hydrogens is 504 g/mol. The van der Waals surface area contributed by atoms with Crippen LogP contribution in [0.25, 0.3) is 11.3 Å². The van der Waals surface area contributed by atoms with Crippen LogP contribution in [0, 0.1) is 5.92 Å². The van der Waals surface area contributed by atoms with Crippen LogP contribution < -0.4 is 34.7 Å². The second-order valence-electron chi connectivity index (χ2n) is 7.73. The van der Waals surface area contributed by atoms with Gasteiger partial charge >= 0.3 is 41.6 Å². The zero-order valence-electron chi connectivity index (χ0n) is 17.6. The molecule has 2 amide bonds. The minimum absolute atomic E-state index is 0. The van der Waals surface area contributed by atoms with Crippen molar-refractivity contribution in [2.45, 2.75) is 29.0 Å². The summed E-state index contributed by atoms with van der Waals surface area (Å²) in [5, 5.41) is 13.7. The van der Waals surface area contributed by atoms with Gasteiger partial charge in [-0.05, 0) is 24.1 Å². The smallest absolute Gasteiger partial charge is 0.543 e. The van der Waals surface area contributed by atoms with Crippen LogP contribution in [0.5, 0.6) is 0 Å². The number of likely N-dealkylation sites (tertiary alicyclic amines) is 1. The number of hydrogen-bond donors (Lipinski definition) is 0. The molecule has 2 aromatic rings. The summed E-state index contributed by atoms with van der Waals surface area (Å²) in [6.07, 6.45) is -1.67. The van der Waals surface area contributed by atoms with Crippen molar-refractivity contribution in [2.75, 3.05) is 12.3 Å². The summed E-state index contributed by atoms with van der Waals surface area (Å²) < 4.78 is 39.6. The maximum atomic E-state index is 13.0. The predicted octanol–water partition coefficient (Wildman–Crippen LogP) is -1.69. The van der Waals surface area contributed by atoms with Crippen LogP contribution in [0.4, 0.5) is 13.2 Å². The summed E-state index contributed by atoms with van der Waals surface area (Å²) in [4.78, 5) is 46.3. The third-order valence-corrected chi connectivity index (χ3v) is 8.09. The Bertz CT molecular complexity index is 1190. The molecule has 5 heterocycles. The van der Waals surface area contributed by atoms with Crippen molar-refractivity contribution in [2.24, 2.45) is 5.92 Å². The SMILES string of the molecule is O=C([O-])C1=C(CSc2nc(-c3cccnc3)cs2)C2CCN(C(=O)C(F)(F)F)[C@@H]3C(=O)N1[C@H]23.[Na+]. The maximum absolute atomic E-state index is 13.0. The normalized spacial score (nSPS) is 23.4. The number of alkyl halides is 3. The molecule has 5 rings (SSSR count). The number of pyridine rings is 1. The number of aromatic nitrogens is 2. The van der Waals surface area contributed by atoms with Crippen molar-refractivity contribution in [3.63, 3.8) is 0 Å². The molecule has 0 N–H and O–H groups in total. The van der Waals surface area contributed by atoms with E-state index in [9.17, 15) is 32.7 Å². The molecule has 2 aromatic heterocycles. The Morgan fingerprint density at radius 2 is 2.09 bits per heavy atom. The molecule has 1 unspecified atom stereocenters. The fourth-order valence-electron chi connectivity index (χ4n) is 4.68. The Hall–Kier alpha value is -1.93. The van der Waals surface area contributed by atoms with E-state index in [1.54, 1.807) is 18.5 Å². The number of carbonyl (C=O) groups excluding carboxylic acids is 3. The number of carboxylic acids is 1. The molecule has 0 radical (unpaired) electrons. The summed E-state index contributed by atoms with van der Waals surface area (Å²) >= 11 is 2.65. The third-order valence-electron chi connectivity index (χ3n) is 6.02. The summed E-state index contributed by atoms with van der Waals surface area (Å²) in [6.45, 7) is -0.277. The number of amides is 2. The molecule has 0 aliphatic carbocycles. The van der Waals surface area contributed by atoms with Gasteiger partial charge in [0.15, 0.2) is 4.34 Å². The standard InChI is InChI=1S/C20H15F3N4O4S2.Na/c21-20(22,23)18(31)26-5-3-10-11(14(17(29)30)27-13(10)15(26)16(27)28)7-32-19-25-12(8-33-19)9-2-1-4-24-6-9;/h1-2,4,6,8,10,13,15H,3,5,7H2,(H,29,30);/q;+1/p-1/t10?,13-,15+;/m1./s1. The zero-order valence-corrected chi connectivity index (χ0v) is 21.2. The molecule has 3 atom stereocenters. The Morgan fingerprint density at radius 3 is 2.74 bits per heavy atom. The number of carbonyl (C=O) groups is 3. The average Bonchev–Trinajstić information content (AvgIpc) is 3.38.